The number of nitrogens with zero attached hydrogens (tertiary/aromatic N) is 1. The standard InChI is InChI=1S/C9H13N3O4S/c1-9(8(13)14,6-2-3-6)12-17(15,16)7-4-10-11-5-7/h4-6,12H,2-3H2,1H3,(H,10,11)(H,13,14). The van der Waals surface area contributed by atoms with Gasteiger partial charge in [0, 0.05) is 6.20 Å². The van der Waals surface area contributed by atoms with Crippen LogP contribution in [0.3, 0.4) is 0 Å². The van der Waals surface area contributed by atoms with Gasteiger partial charge in [0.1, 0.15) is 10.4 Å². The van der Waals surface area contributed by atoms with E-state index in [-0.39, 0.29) is 10.8 Å². The van der Waals surface area contributed by atoms with E-state index < -0.39 is 21.5 Å². The van der Waals surface area contributed by atoms with Gasteiger partial charge in [-0.1, -0.05) is 0 Å². The Morgan fingerprint density at radius 2 is 2.29 bits per heavy atom. The number of nitrogens with one attached hydrogen (secondary N) is 2. The van der Waals surface area contributed by atoms with Crippen molar-refractivity contribution in [3.05, 3.63) is 12.4 Å². The number of carboxylic acid groups (broad SMARTS) is 1. The molecular weight excluding hydrogens is 246 g/mol. The molecule has 0 spiro atoms. The minimum absolute atomic E-state index is 0.0642. The number of hydrogen-bond acceptors (Lipinski definition) is 4. The highest BCUT2D eigenvalue weighted by atomic mass is 32.2. The highest BCUT2D eigenvalue weighted by molar-refractivity contribution is 7.89. The SMILES string of the molecule is CC(NS(=O)(=O)c1cn[nH]c1)(C(=O)O)C1CC1. The van der Waals surface area contributed by atoms with Crippen molar-refractivity contribution in [2.24, 2.45) is 5.92 Å². The van der Waals surface area contributed by atoms with E-state index in [9.17, 15) is 13.2 Å². The second kappa shape index (κ2) is 3.81. The third kappa shape index (κ3) is 2.18. The van der Waals surface area contributed by atoms with E-state index in [1.165, 1.54) is 13.1 Å². The number of sulfonamides is 1. The summed E-state index contributed by atoms with van der Waals surface area (Å²) in [6.07, 6.45) is 3.78. The van der Waals surface area contributed by atoms with Gasteiger partial charge < -0.3 is 5.11 Å². The molecule has 1 aromatic rings. The van der Waals surface area contributed by atoms with Crippen molar-refractivity contribution >= 4 is 16.0 Å². The van der Waals surface area contributed by atoms with Crippen molar-refractivity contribution < 1.29 is 18.3 Å². The van der Waals surface area contributed by atoms with Gasteiger partial charge in [0.15, 0.2) is 0 Å². The molecule has 2 rings (SSSR count). The van der Waals surface area contributed by atoms with Crippen LogP contribution < -0.4 is 4.72 Å². The van der Waals surface area contributed by atoms with E-state index in [4.69, 9.17) is 5.11 Å². The first kappa shape index (κ1) is 12.1. The first-order valence-electron chi connectivity index (χ1n) is 5.12. The lowest BCUT2D eigenvalue weighted by atomic mass is 9.98. The molecule has 1 unspecified atom stereocenters. The van der Waals surface area contributed by atoms with E-state index in [0.29, 0.717) is 0 Å². The highest BCUT2D eigenvalue weighted by Crippen LogP contribution is 2.40. The largest absolute Gasteiger partial charge is 0.480 e. The molecule has 0 amide bonds. The zero-order valence-electron chi connectivity index (χ0n) is 9.17. The van der Waals surface area contributed by atoms with Crippen LogP contribution in [-0.4, -0.2) is 35.2 Å². The molecule has 1 fully saturated rings. The molecule has 1 atom stereocenters. The molecule has 3 N–H and O–H groups in total. The first-order chi connectivity index (χ1) is 7.86. The molecule has 1 aliphatic rings. The van der Waals surface area contributed by atoms with Gasteiger partial charge in [-0.25, -0.2) is 8.42 Å². The third-order valence-electron chi connectivity index (χ3n) is 2.97. The predicted octanol–water partition coefficient (Wildman–Crippen LogP) is -0.0587. The molecular formula is C9H13N3O4S. The number of aromatic nitrogens is 2. The summed E-state index contributed by atoms with van der Waals surface area (Å²) in [5.41, 5.74) is -1.45. The van der Waals surface area contributed by atoms with Crippen molar-refractivity contribution in [2.75, 3.05) is 0 Å². The molecule has 1 heterocycles. The van der Waals surface area contributed by atoms with Gasteiger partial charge >= 0.3 is 5.97 Å². The van der Waals surface area contributed by atoms with E-state index in [1.54, 1.807) is 0 Å². The van der Waals surface area contributed by atoms with Crippen LogP contribution in [0.15, 0.2) is 17.3 Å². The third-order valence-corrected chi connectivity index (χ3v) is 4.50. The van der Waals surface area contributed by atoms with Gasteiger partial charge in [0.25, 0.3) is 0 Å². The molecule has 0 saturated heterocycles. The Labute approximate surface area is 98.3 Å². The summed E-state index contributed by atoms with van der Waals surface area (Å²) in [4.78, 5) is 11.1. The summed E-state index contributed by atoms with van der Waals surface area (Å²) < 4.78 is 26.1. The van der Waals surface area contributed by atoms with E-state index >= 15 is 0 Å². The predicted molar refractivity (Wildman–Crippen MR) is 57.7 cm³/mol. The molecule has 1 aliphatic carbocycles. The van der Waals surface area contributed by atoms with Gasteiger partial charge in [0.2, 0.25) is 10.0 Å². The topological polar surface area (TPSA) is 112 Å². The average Bonchev–Trinajstić information content (AvgIpc) is 2.93. The van der Waals surface area contributed by atoms with Crippen molar-refractivity contribution in [1.82, 2.24) is 14.9 Å². The molecule has 0 aromatic carbocycles. The van der Waals surface area contributed by atoms with Gasteiger partial charge in [-0.05, 0) is 25.7 Å². The second-order valence-corrected chi connectivity index (χ2v) is 6.00. The van der Waals surface area contributed by atoms with E-state index in [2.05, 4.69) is 14.9 Å². The Morgan fingerprint density at radius 3 is 2.71 bits per heavy atom. The molecule has 1 saturated carbocycles. The Kier molecular flexibility index (Phi) is 2.70. The number of carbonyl (C=O) groups is 1. The summed E-state index contributed by atoms with van der Waals surface area (Å²) >= 11 is 0. The van der Waals surface area contributed by atoms with Crippen LogP contribution in [0, 0.1) is 5.92 Å². The Hall–Kier alpha value is -1.41. The monoisotopic (exact) mass is 259 g/mol. The maximum Gasteiger partial charge on any atom is 0.324 e. The van der Waals surface area contributed by atoms with Gasteiger partial charge in [-0.2, -0.15) is 9.82 Å². The van der Waals surface area contributed by atoms with Crippen LogP contribution in [0.2, 0.25) is 0 Å². The van der Waals surface area contributed by atoms with Crippen LogP contribution in [0.5, 0.6) is 0 Å². The van der Waals surface area contributed by atoms with E-state index in [1.807, 2.05) is 0 Å². The fourth-order valence-electron chi connectivity index (χ4n) is 1.69. The fraction of sp³-hybridized carbons (Fsp3) is 0.556. The van der Waals surface area contributed by atoms with Gasteiger partial charge in [-0.15, -0.1) is 0 Å². The number of aliphatic carboxylic acids is 1. The van der Waals surface area contributed by atoms with E-state index in [0.717, 1.165) is 19.0 Å². The molecule has 0 aliphatic heterocycles. The average molecular weight is 259 g/mol. The zero-order valence-corrected chi connectivity index (χ0v) is 9.99. The molecule has 17 heavy (non-hydrogen) atoms. The zero-order chi connectivity index (χ0) is 12.7. The second-order valence-electron chi connectivity index (χ2n) is 4.32. The fourth-order valence-corrected chi connectivity index (χ4v) is 3.02. The first-order valence-corrected chi connectivity index (χ1v) is 6.61. The molecule has 0 radical (unpaired) electrons. The van der Waals surface area contributed by atoms with Crippen LogP contribution in [-0.2, 0) is 14.8 Å². The normalized spacial score (nSPS) is 19.8. The maximum atomic E-state index is 11.9. The van der Waals surface area contributed by atoms with Crippen LogP contribution in [0.1, 0.15) is 19.8 Å². The Bertz CT molecular complexity index is 520. The van der Waals surface area contributed by atoms with Crippen LogP contribution >= 0.6 is 0 Å². The van der Waals surface area contributed by atoms with Gasteiger partial charge in [-0.3, -0.25) is 9.89 Å². The minimum atomic E-state index is -3.85. The van der Waals surface area contributed by atoms with Crippen molar-refractivity contribution in [3.8, 4) is 0 Å². The highest BCUT2D eigenvalue weighted by Gasteiger charge is 2.50. The number of hydrogen-bond donors (Lipinski definition) is 3. The molecule has 1 aromatic heterocycles. The van der Waals surface area contributed by atoms with Crippen molar-refractivity contribution in [3.63, 3.8) is 0 Å². The van der Waals surface area contributed by atoms with Gasteiger partial charge in [0.05, 0.1) is 6.20 Å². The van der Waals surface area contributed by atoms with Crippen LogP contribution in [0.4, 0.5) is 0 Å². The number of aromatic amines is 1. The van der Waals surface area contributed by atoms with Crippen LogP contribution in [0.25, 0.3) is 0 Å². The summed E-state index contributed by atoms with van der Waals surface area (Å²) in [6.45, 7) is 1.39. The lowest BCUT2D eigenvalue weighted by molar-refractivity contribution is -0.144. The lowest BCUT2D eigenvalue weighted by Crippen LogP contribution is -2.53. The molecule has 8 heteroatoms. The summed E-state index contributed by atoms with van der Waals surface area (Å²) in [5.74, 6) is -1.31. The molecule has 94 valence electrons. The number of H-pyrrole nitrogens is 1. The van der Waals surface area contributed by atoms with Crippen molar-refractivity contribution in [1.29, 1.82) is 0 Å². The number of carboxylic acids is 1. The minimum Gasteiger partial charge on any atom is -0.480 e. The summed E-state index contributed by atoms with van der Waals surface area (Å²) in [7, 11) is -3.85. The quantitative estimate of drug-likeness (QED) is 0.685. The Balaban J connectivity index is 2.28. The summed E-state index contributed by atoms with van der Waals surface area (Å²) in [6, 6.07) is 0. The lowest BCUT2D eigenvalue weighted by Gasteiger charge is -2.25. The Morgan fingerprint density at radius 1 is 1.65 bits per heavy atom. The summed E-state index contributed by atoms with van der Waals surface area (Å²) in [5, 5.41) is 15.1. The number of rotatable bonds is 5. The molecule has 0 bridgehead atoms. The van der Waals surface area contributed by atoms with Crippen molar-refractivity contribution in [2.45, 2.75) is 30.2 Å². The maximum absolute atomic E-state index is 11.9. The smallest absolute Gasteiger partial charge is 0.324 e. The molecule has 7 nitrogen and oxygen atoms in total.